The van der Waals surface area contributed by atoms with Crippen molar-refractivity contribution in [2.24, 2.45) is 0 Å². The number of hydrogen-bond acceptors (Lipinski definition) is 4. The predicted molar refractivity (Wildman–Crippen MR) is 85.9 cm³/mol. The van der Waals surface area contributed by atoms with Crippen molar-refractivity contribution in [1.29, 1.82) is 0 Å². The Bertz CT molecular complexity index is 604. The van der Waals surface area contributed by atoms with Crippen molar-refractivity contribution >= 4 is 17.6 Å². The summed E-state index contributed by atoms with van der Waals surface area (Å²) in [5.74, 6) is -0.832. The Morgan fingerprint density at radius 3 is 2.83 bits per heavy atom. The molecule has 6 heteroatoms. The molecule has 1 aliphatic heterocycles. The number of rotatable bonds is 5. The van der Waals surface area contributed by atoms with Gasteiger partial charge in [-0.25, -0.2) is 4.39 Å². The van der Waals surface area contributed by atoms with Gasteiger partial charge in [-0.3, -0.25) is 9.59 Å². The van der Waals surface area contributed by atoms with Gasteiger partial charge in [-0.2, -0.15) is 0 Å². The van der Waals surface area contributed by atoms with E-state index in [4.69, 9.17) is 4.74 Å². The number of nitrogens with zero attached hydrogens (tertiary/aromatic N) is 2. The fraction of sp³-hybridized carbons (Fsp3) is 0.529. The maximum atomic E-state index is 14.0. The summed E-state index contributed by atoms with van der Waals surface area (Å²) in [7, 11) is 1.57. The molecular formula is C17H23FN2O3. The third-order valence-electron chi connectivity index (χ3n) is 4.02. The average Bonchev–Trinajstić information content (AvgIpc) is 2.51. The SMILES string of the molecule is CCOC(=O)CN(C)C(=O)CN1CCCc2c(F)ccc(C)c21. The number of carbonyl (C=O) groups is 2. The van der Waals surface area contributed by atoms with E-state index < -0.39 is 5.97 Å². The van der Waals surface area contributed by atoms with E-state index in [0.29, 0.717) is 25.1 Å². The number of aryl methyl sites for hydroxylation is 1. The molecule has 0 saturated carbocycles. The maximum Gasteiger partial charge on any atom is 0.325 e. The average molecular weight is 322 g/mol. The highest BCUT2D eigenvalue weighted by Crippen LogP contribution is 2.32. The van der Waals surface area contributed by atoms with Gasteiger partial charge in [0.05, 0.1) is 13.2 Å². The summed E-state index contributed by atoms with van der Waals surface area (Å²) in [6.07, 6.45) is 1.49. The lowest BCUT2D eigenvalue weighted by Crippen LogP contribution is -2.43. The summed E-state index contributed by atoms with van der Waals surface area (Å²) < 4.78 is 18.8. The number of fused-ring (bicyclic) bond motifs is 1. The largest absolute Gasteiger partial charge is 0.465 e. The van der Waals surface area contributed by atoms with E-state index in [0.717, 1.165) is 17.7 Å². The van der Waals surface area contributed by atoms with E-state index in [1.807, 2.05) is 11.8 Å². The first-order valence-corrected chi connectivity index (χ1v) is 7.86. The molecule has 0 unspecified atom stereocenters. The van der Waals surface area contributed by atoms with Gasteiger partial charge in [-0.05, 0) is 38.3 Å². The van der Waals surface area contributed by atoms with Crippen molar-refractivity contribution in [3.05, 3.63) is 29.1 Å². The van der Waals surface area contributed by atoms with Crippen LogP contribution in [0, 0.1) is 12.7 Å². The van der Waals surface area contributed by atoms with E-state index in [1.165, 1.54) is 11.0 Å². The van der Waals surface area contributed by atoms with Gasteiger partial charge >= 0.3 is 5.97 Å². The van der Waals surface area contributed by atoms with Crippen molar-refractivity contribution in [3.63, 3.8) is 0 Å². The van der Waals surface area contributed by atoms with Gasteiger partial charge in [-0.15, -0.1) is 0 Å². The highest BCUT2D eigenvalue weighted by Gasteiger charge is 2.25. The number of esters is 1. The molecule has 0 atom stereocenters. The molecule has 5 nitrogen and oxygen atoms in total. The van der Waals surface area contributed by atoms with Gasteiger partial charge in [-0.1, -0.05) is 6.07 Å². The summed E-state index contributed by atoms with van der Waals surface area (Å²) in [5.41, 5.74) is 2.45. The molecular weight excluding hydrogens is 299 g/mol. The zero-order valence-corrected chi connectivity index (χ0v) is 13.9. The zero-order chi connectivity index (χ0) is 17.0. The smallest absolute Gasteiger partial charge is 0.325 e. The van der Waals surface area contributed by atoms with Crippen LogP contribution >= 0.6 is 0 Å². The fourth-order valence-corrected chi connectivity index (χ4v) is 2.90. The van der Waals surface area contributed by atoms with Crippen LogP contribution in [0.25, 0.3) is 0 Å². The van der Waals surface area contributed by atoms with Gasteiger partial charge in [0, 0.05) is 24.8 Å². The van der Waals surface area contributed by atoms with Crippen LogP contribution < -0.4 is 4.90 Å². The van der Waals surface area contributed by atoms with Crippen LogP contribution in [-0.4, -0.2) is 50.1 Å². The molecule has 1 amide bonds. The Morgan fingerprint density at radius 1 is 1.39 bits per heavy atom. The molecule has 0 N–H and O–H groups in total. The molecule has 0 aliphatic carbocycles. The number of benzene rings is 1. The Balaban J connectivity index is 2.09. The molecule has 0 fully saturated rings. The predicted octanol–water partition coefficient (Wildman–Crippen LogP) is 1.91. The number of likely N-dealkylation sites (N-methyl/N-ethyl adjacent to an activating group) is 1. The molecule has 0 bridgehead atoms. The zero-order valence-electron chi connectivity index (χ0n) is 13.9. The van der Waals surface area contributed by atoms with Crippen molar-refractivity contribution < 1.29 is 18.7 Å². The van der Waals surface area contributed by atoms with Gasteiger partial charge in [0.1, 0.15) is 12.4 Å². The minimum Gasteiger partial charge on any atom is -0.465 e. The number of carbonyl (C=O) groups excluding carboxylic acids is 2. The minimum atomic E-state index is -0.426. The standard InChI is InChI=1S/C17H23FN2O3/c1-4-23-16(22)11-19(3)15(21)10-20-9-5-6-13-14(18)8-7-12(2)17(13)20/h7-8H,4-6,9-11H2,1-3H3. The topological polar surface area (TPSA) is 49.9 Å². The maximum absolute atomic E-state index is 14.0. The lowest BCUT2D eigenvalue weighted by molar-refractivity contribution is -0.147. The van der Waals surface area contributed by atoms with E-state index in [-0.39, 0.29) is 24.8 Å². The molecule has 23 heavy (non-hydrogen) atoms. The summed E-state index contributed by atoms with van der Waals surface area (Å²) in [6.45, 7) is 4.70. The van der Waals surface area contributed by atoms with E-state index in [1.54, 1.807) is 20.0 Å². The molecule has 2 rings (SSSR count). The van der Waals surface area contributed by atoms with Crippen LogP contribution in [0.1, 0.15) is 24.5 Å². The van der Waals surface area contributed by atoms with Gasteiger partial charge < -0.3 is 14.5 Å². The first kappa shape index (κ1) is 17.2. The molecule has 1 aromatic carbocycles. The quantitative estimate of drug-likeness (QED) is 0.777. The Labute approximate surface area is 136 Å². The number of anilines is 1. The van der Waals surface area contributed by atoms with Crippen LogP contribution in [-0.2, 0) is 20.7 Å². The lowest BCUT2D eigenvalue weighted by Gasteiger charge is -2.33. The minimum absolute atomic E-state index is 0.0739. The van der Waals surface area contributed by atoms with Crippen LogP contribution in [0.2, 0.25) is 0 Å². The number of hydrogen-bond donors (Lipinski definition) is 0. The summed E-state index contributed by atoms with van der Waals surface area (Å²) >= 11 is 0. The van der Waals surface area contributed by atoms with Crippen molar-refractivity contribution in [3.8, 4) is 0 Å². The van der Waals surface area contributed by atoms with Crippen LogP contribution in [0.5, 0.6) is 0 Å². The highest BCUT2D eigenvalue weighted by atomic mass is 19.1. The molecule has 1 heterocycles. The molecule has 1 aromatic rings. The Kier molecular flexibility index (Phi) is 5.58. The summed E-state index contributed by atoms with van der Waals surface area (Å²) in [5, 5.41) is 0. The van der Waals surface area contributed by atoms with E-state index in [2.05, 4.69) is 0 Å². The van der Waals surface area contributed by atoms with Gasteiger partial charge in [0.2, 0.25) is 5.91 Å². The number of halogens is 1. The molecule has 0 saturated heterocycles. The summed E-state index contributed by atoms with van der Waals surface area (Å²) in [6, 6.07) is 3.21. The van der Waals surface area contributed by atoms with E-state index >= 15 is 0 Å². The highest BCUT2D eigenvalue weighted by molar-refractivity contribution is 5.85. The Morgan fingerprint density at radius 2 is 2.13 bits per heavy atom. The van der Waals surface area contributed by atoms with Crippen molar-refractivity contribution in [1.82, 2.24) is 4.90 Å². The molecule has 0 aromatic heterocycles. The van der Waals surface area contributed by atoms with Gasteiger partial charge in [0.15, 0.2) is 0 Å². The molecule has 126 valence electrons. The fourth-order valence-electron chi connectivity index (χ4n) is 2.90. The van der Waals surface area contributed by atoms with Crippen LogP contribution in [0.4, 0.5) is 10.1 Å². The second-order valence-corrected chi connectivity index (χ2v) is 5.77. The number of amides is 1. The van der Waals surface area contributed by atoms with Crippen molar-refractivity contribution in [2.75, 3.05) is 38.2 Å². The lowest BCUT2D eigenvalue weighted by atomic mass is 9.97. The molecule has 1 aliphatic rings. The molecule has 0 radical (unpaired) electrons. The monoisotopic (exact) mass is 322 g/mol. The first-order valence-electron chi connectivity index (χ1n) is 7.86. The third kappa shape index (κ3) is 4.00. The second-order valence-electron chi connectivity index (χ2n) is 5.77. The third-order valence-corrected chi connectivity index (χ3v) is 4.02. The van der Waals surface area contributed by atoms with Crippen molar-refractivity contribution in [2.45, 2.75) is 26.7 Å². The molecule has 0 spiro atoms. The summed E-state index contributed by atoms with van der Waals surface area (Å²) in [4.78, 5) is 27.1. The van der Waals surface area contributed by atoms with Crippen LogP contribution in [0.15, 0.2) is 12.1 Å². The Hall–Kier alpha value is -2.11. The van der Waals surface area contributed by atoms with E-state index in [9.17, 15) is 14.0 Å². The van der Waals surface area contributed by atoms with Gasteiger partial charge in [0.25, 0.3) is 0 Å². The first-order chi connectivity index (χ1) is 10.9. The van der Waals surface area contributed by atoms with Crippen LogP contribution in [0.3, 0.4) is 0 Å². The second kappa shape index (κ2) is 7.44. The number of ether oxygens (including phenoxy) is 1. The normalized spacial score (nSPS) is 13.5.